The van der Waals surface area contributed by atoms with E-state index < -0.39 is 24.0 Å². The van der Waals surface area contributed by atoms with E-state index in [4.69, 9.17) is 9.84 Å². The molecule has 0 aromatic heterocycles. The van der Waals surface area contributed by atoms with Crippen molar-refractivity contribution < 1.29 is 24.2 Å². The van der Waals surface area contributed by atoms with E-state index in [0.717, 1.165) is 22.3 Å². The van der Waals surface area contributed by atoms with Crippen LogP contribution >= 0.6 is 0 Å². The molecular weight excluding hydrogens is 408 g/mol. The van der Waals surface area contributed by atoms with E-state index in [2.05, 4.69) is 29.3 Å². The van der Waals surface area contributed by atoms with Gasteiger partial charge in [0.05, 0.1) is 5.92 Å². The Labute approximate surface area is 186 Å². The molecule has 32 heavy (non-hydrogen) atoms. The third kappa shape index (κ3) is 4.51. The molecule has 0 aliphatic heterocycles. The maximum Gasteiger partial charge on any atom is 0.407 e. The molecule has 0 saturated heterocycles. The van der Waals surface area contributed by atoms with E-state index in [1.165, 1.54) is 0 Å². The Morgan fingerprint density at radius 2 is 1.72 bits per heavy atom. The van der Waals surface area contributed by atoms with Gasteiger partial charge in [0.25, 0.3) is 0 Å². The Hall–Kier alpha value is -3.61. The summed E-state index contributed by atoms with van der Waals surface area (Å²) >= 11 is 0. The van der Waals surface area contributed by atoms with E-state index in [1.807, 2.05) is 36.4 Å². The molecule has 166 valence electrons. The highest BCUT2D eigenvalue weighted by molar-refractivity contribution is 5.86. The summed E-state index contributed by atoms with van der Waals surface area (Å²) in [7, 11) is 0. The van der Waals surface area contributed by atoms with E-state index in [1.54, 1.807) is 6.08 Å². The number of rotatable bonds is 9. The maximum atomic E-state index is 12.5. The molecule has 1 unspecified atom stereocenters. The van der Waals surface area contributed by atoms with Crippen LogP contribution in [0.15, 0.2) is 61.2 Å². The van der Waals surface area contributed by atoms with Gasteiger partial charge in [0, 0.05) is 12.5 Å². The summed E-state index contributed by atoms with van der Waals surface area (Å²) < 4.78 is 5.51. The number of hydrogen-bond acceptors (Lipinski definition) is 4. The van der Waals surface area contributed by atoms with Crippen molar-refractivity contribution in [2.24, 2.45) is 11.8 Å². The van der Waals surface area contributed by atoms with Gasteiger partial charge in [0.1, 0.15) is 12.6 Å². The molecule has 2 amide bonds. The molecule has 0 radical (unpaired) electrons. The number of carboxylic acid groups (broad SMARTS) is 1. The SMILES string of the molecule is C=CCC(NC(=O)OCC1c2ccccc2-c2ccccc21)C(=O)NC[C@H]1C[C@H]1C(=O)O. The van der Waals surface area contributed by atoms with Crippen LogP contribution < -0.4 is 10.6 Å². The van der Waals surface area contributed by atoms with Crippen molar-refractivity contribution in [2.75, 3.05) is 13.2 Å². The number of aliphatic carboxylic acids is 1. The number of hydrogen-bond donors (Lipinski definition) is 3. The van der Waals surface area contributed by atoms with Crippen molar-refractivity contribution in [3.05, 3.63) is 72.3 Å². The number of fused-ring (bicyclic) bond motifs is 3. The van der Waals surface area contributed by atoms with Crippen molar-refractivity contribution in [3.63, 3.8) is 0 Å². The van der Waals surface area contributed by atoms with Crippen LogP contribution in [0.25, 0.3) is 11.1 Å². The van der Waals surface area contributed by atoms with Crippen molar-refractivity contribution in [2.45, 2.75) is 24.8 Å². The lowest BCUT2D eigenvalue weighted by molar-refractivity contribution is -0.139. The molecule has 4 rings (SSSR count). The lowest BCUT2D eigenvalue weighted by atomic mass is 9.98. The lowest BCUT2D eigenvalue weighted by Crippen LogP contribution is -2.47. The second kappa shape index (κ2) is 9.26. The molecule has 1 fully saturated rings. The average molecular weight is 434 g/mol. The highest BCUT2D eigenvalue weighted by Gasteiger charge is 2.43. The van der Waals surface area contributed by atoms with Gasteiger partial charge in [-0.1, -0.05) is 54.6 Å². The molecule has 2 aliphatic carbocycles. The molecule has 0 heterocycles. The average Bonchev–Trinajstić information content (AvgIpc) is 3.51. The van der Waals surface area contributed by atoms with Gasteiger partial charge in [-0.3, -0.25) is 9.59 Å². The molecule has 1 saturated carbocycles. The smallest absolute Gasteiger partial charge is 0.407 e. The van der Waals surface area contributed by atoms with Crippen LogP contribution in [0, 0.1) is 11.8 Å². The number of carboxylic acids is 1. The number of ether oxygens (including phenoxy) is 1. The number of carbonyl (C=O) groups is 3. The van der Waals surface area contributed by atoms with Crippen molar-refractivity contribution >= 4 is 18.0 Å². The zero-order chi connectivity index (χ0) is 22.7. The zero-order valence-electron chi connectivity index (χ0n) is 17.6. The van der Waals surface area contributed by atoms with Crippen LogP contribution in [0.1, 0.15) is 29.9 Å². The predicted octanol–water partition coefficient (Wildman–Crippen LogP) is 3.31. The second-order valence-corrected chi connectivity index (χ2v) is 8.23. The summed E-state index contributed by atoms with van der Waals surface area (Å²) in [6.07, 6.45) is 1.67. The lowest BCUT2D eigenvalue weighted by Gasteiger charge is -2.19. The summed E-state index contributed by atoms with van der Waals surface area (Å²) in [4.78, 5) is 35.9. The Morgan fingerprint density at radius 1 is 1.09 bits per heavy atom. The van der Waals surface area contributed by atoms with E-state index >= 15 is 0 Å². The summed E-state index contributed by atoms with van der Waals surface area (Å²) in [5, 5.41) is 14.3. The number of nitrogens with one attached hydrogen (secondary N) is 2. The van der Waals surface area contributed by atoms with Crippen LogP contribution in [0.5, 0.6) is 0 Å². The van der Waals surface area contributed by atoms with E-state index in [-0.39, 0.29) is 37.3 Å². The molecule has 3 N–H and O–H groups in total. The molecule has 3 atom stereocenters. The van der Waals surface area contributed by atoms with E-state index in [9.17, 15) is 14.4 Å². The molecule has 2 aromatic carbocycles. The van der Waals surface area contributed by atoms with Gasteiger partial charge < -0.3 is 20.5 Å². The topological polar surface area (TPSA) is 105 Å². The first-order valence-electron chi connectivity index (χ1n) is 10.7. The van der Waals surface area contributed by atoms with Crippen molar-refractivity contribution in [1.29, 1.82) is 0 Å². The normalized spacial score (nSPS) is 19.2. The fourth-order valence-electron chi connectivity index (χ4n) is 4.31. The maximum absolute atomic E-state index is 12.5. The molecule has 2 aliphatic rings. The Kier molecular flexibility index (Phi) is 6.25. The van der Waals surface area contributed by atoms with E-state index in [0.29, 0.717) is 6.42 Å². The van der Waals surface area contributed by atoms with Gasteiger partial charge in [0.2, 0.25) is 5.91 Å². The molecule has 7 nitrogen and oxygen atoms in total. The highest BCUT2D eigenvalue weighted by atomic mass is 16.5. The van der Waals surface area contributed by atoms with Gasteiger partial charge in [-0.25, -0.2) is 4.79 Å². The van der Waals surface area contributed by atoms with Crippen molar-refractivity contribution in [3.8, 4) is 11.1 Å². The largest absolute Gasteiger partial charge is 0.481 e. The van der Waals surface area contributed by atoms with Crippen LogP contribution in [-0.2, 0) is 14.3 Å². The van der Waals surface area contributed by atoms with Crippen LogP contribution in [0.2, 0.25) is 0 Å². The third-order valence-corrected chi connectivity index (χ3v) is 6.13. The quantitative estimate of drug-likeness (QED) is 0.525. The van der Waals surface area contributed by atoms with Gasteiger partial charge in [-0.15, -0.1) is 6.58 Å². The van der Waals surface area contributed by atoms with Gasteiger partial charge in [0.15, 0.2) is 0 Å². The Balaban J connectivity index is 1.33. The first kappa shape index (κ1) is 21.6. The highest BCUT2D eigenvalue weighted by Crippen LogP contribution is 2.44. The third-order valence-electron chi connectivity index (χ3n) is 6.13. The van der Waals surface area contributed by atoms with Crippen LogP contribution in [0.3, 0.4) is 0 Å². The Morgan fingerprint density at radius 3 is 2.28 bits per heavy atom. The number of carbonyl (C=O) groups excluding carboxylic acids is 2. The molecule has 2 aromatic rings. The van der Waals surface area contributed by atoms with Crippen LogP contribution in [-0.4, -0.2) is 42.3 Å². The standard InChI is InChI=1S/C25H26N2O5/c1-2-7-22(23(28)26-13-15-12-20(15)24(29)30)27-25(31)32-14-21-18-10-5-3-8-16(18)17-9-4-6-11-19(17)21/h2-6,8-11,15,20-22H,1,7,12-14H2,(H,26,28)(H,27,31)(H,29,30)/t15-,20-,22?/m1/s1. The first-order valence-corrected chi connectivity index (χ1v) is 10.7. The molecule has 7 heteroatoms. The summed E-state index contributed by atoms with van der Waals surface area (Å²) in [6.45, 7) is 4.07. The summed E-state index contributed by atoms with van der Waals surface area (Å²) in [5.41, 5.74) is 4.50. The zero-order valence-corrected chi connectivity index (χ0v) is 17.6. The monoisotopic (exact) mass is 434 g/mol. The molecular formula is C25H26N2O5. The number of benzene rings is 2. The molecule has 0 spiro atoms. The second-order valence-electron chi connectivity index (χ2n) is 8.23. The number of alkyl carbamates (subject to hydrolysis) is 1. The van der Waals surface area contributed by atoms with Gasteiger partial charge >= 0.3 is 12.1 Å². The minimum Gasteiger partial charge on any atom is -0.481 e. The first-order chi connectivity index (χ1) is 15.5. The van der Waals surface area contributed by atoms with Gasteiger partial charge in [-0.2, -0.15) is 0 Å². The minimum atomic E-state index is -0.844. The fraction of sp³-hybridized carbons (Fsp3) is 0.320. The summed E-state index contributed by atoms with van der Waals surface area (Å²) in [5.74, 6) is -1.75. The Bertz CT molecular complexity index is 1000. The fourth-order valence-corrected chi connectivity index (χ4v) is 4.31. The van der Waals surface area contributed by atoms with Crippen LogP contribution in [0.4, 0.5) is 4.79 Å². The number of amides is 2. The van der Waals surface area contributed by atoms with Gasteiger partial charge in [-0.05, 0) is 41.0 Å². The van der Waals surface area contributed by atoms with Crippen molar-refractivity contribution in [1.82, 2.24) is 10.6 Å². The molecule has 0 bridgehead atoms. The predicted molar refractivity (Wildman–Crippen MR) is 119 cm³/mol. The summed E-state index contributed by atoms with van der Waals surface area (Å²) in [6, 6.07) is 15.3. The minimum absolute atomic E-state index is 0.0599.